The van der Waals surface area contributed by atoms with Crippen LogP contribution in [0.2, 0.25) is 0 Å². The van der Waals surface area contributed by atoms with Gasteiger partial charge in [0.2, 0.25) is 0 Å². The highest BCUT2D eigenvalue weighted by Crippen LogP contribution is 2.31. The molecule has 0 radical (unpaired) electrons. The van der Waals surface area contributed by atoms with Crippen LogP contribution in [0, 0.1) is 11.6 Å². The van der Waals surface area contributed by atoms with Gasteiger partial charge in [-0.1, -0.05) is 12.1 Å². The zero-order chi connectivity index (χ0) is 16.1. The average molecular weight is 306 g/mol. The molecule has 116 valence electrons. The molecule has 2 aromatic carbocycles. The van der Waals surface area contributed by atoms with E-state index in [1.54, 1.807) is 19.1 Å². The van der Waals surface area contributed by atoms with Crippen molar-refractivity contribution in [2.45, 2.75) is 19.3 Å². The number of benzene rings is 2. The minimum absolute atomic E-state index is 0.0540. The second-order valence-corrected chi connectivity index (χ2v) is 4.82. The first-order chi connectivity index (χ1) is 10.5. The second kappa shape index (κ2) is 7.02. The van der Waals surface area contributed by atoms with Crippen molar-refractivity contribution in [1.29, 1.82) is 0 Å². The van der Waals surface area contributed by atoms with E-state index in [9.17, 15) is 18.7 Å². The Hall–Kier alpha value is -2.43. The Kier molecular flexibility index (Phi) is 5.09. The lowest BCUT2D eigenvalue weighted by molar-refractivity contribution is -0.143. The predicted molar refractivity (Wildman–Crippen MR) is 77.6 cm³/mol. The van der Waals surface area contributed by atoms with Crippen molar-refractivity contribution in [2.75, 3.05) is 6.61 Å². The summed E-state index contributed by atoms with van der Waals surface area (Å²) in [5, 5.41) is 9.35. The Balaban J connectivity index is 2.42. The van der Waals surface area contributed by atoms with E-state index in [1.165, 1.54) is 12.1 Å². The summed E-state index contributed by atoms with van der Waals surface area (Å²) in [5.74, 6) is -2.30. The molecule has 0 saturated carbocycles. The van der Waals surface area contributed by atoms with Gasteiger partial charge in [0.1, 0.15) is 17.4 Å². The maximum Gasteiger partial charge on any atom is 0.306 e. The summed E-state index contributed by atoms with van der Waals surface area (Å²) in [6.45, 7) is 1.89. The standard InChI is InChI=1S/C17H16F2O3/c1-2-22-17(21)10-14(11-3-6-13(20)7-4-11)15-9-12(18)5-8-16(15)19/h3-9,14,20H,2,10H2,1H3/t14-/m0/s1. The average Bonchev–Trinajstić information content (AvgIpc) is 2.49. The number of phenolic OH excluding ortho intramolecular Hbond substituents is 1. The van der Waals surface area contributed by atoms with Gasteiger partial charge in [0, 0.05) is 5.92 Å². The Morgan fingerprint density at radius 1 is 1.18 bits per heavy atom. The van der Waals surface area contributed by atoms with E-state index in [1.807, 2.05) is 0 Å². The number of aromatic hydroxyl groups is 1. The summed E-state index contributed by atoms with van der Waals surface area (Å²) in [7, 11) is 0. The van der Waals surface area contributed by atoms with E-state index in [0.717, 1.165) is 18.2 Å². The molecule has 0 heterocycles. The first kappa shape index (κ1) is 15.9. The van der Waals surface area contributed by atoms with Crippen molar-refractivity contribution in [2.24, 2.45) is 0 Å². The highest BCUT2D eigenvalue weighted by atomic mass is 19.1. The van der Waals surface area contributed by atoms with Gasteiger partial charge in [-0.25, -0.2) is 8.78 Å². The topological polar surface area (TPSA) is 46.5 Å². The van der Waals surface area contributed by atoms with Crippen LogP contribution < -0.4 is 0 Å². The SMILES string of the molecule is CCOC(=O)C[C@@H](c1ccc(O)cc1)c1cc(F)ccc1F. The lowest BCUT2D eigenvalue weighted by Gasteiger charge is -2.18. The van der Waals surface area contributed by atoms with Crippen LogP contribution in [0.5, 0.6) is 5.75 Å². The third-order valence-electron chi connectivity index (χ3n) is 3.31. The largest absolute Gasteiger partial charge is 0.508 e. The van der Waals surface area contributed by atoms with Gasteiger partial charge >= 0.3 is 5.97 Å². The summed E-state index contributed by atoms with van der Waals surface area (Å²) >= 11 is 0. The maximum absolute atomic E-state index is 14.1. The molecule has 0 aliphatic rings. The van der Waals surface area contributed by atoms with Crippen molar-refractivity contribution in [3.05, 3.63) is 65.2 Å². The summed E-state index contributed by atoms with van der Waals surface area (Å²) in [6.07, 6.45) is -0.112. The number of phenols is 1. The molecule has 0 saturated heterocycles. The third kappa shape index (κ3) is 3.81. The van der Waals surface area contributed by atoms with Crippen molar-refractivity contribution >= 4 is 5.97 Å². The molecular formula is C17H16F2O3. The van der Waals surface area contributed by atoms with Crippen molar-refractivity contribution in [3.8, 4) is 5.75 Å². The van der Waals surface area contributed by atoms with Gasteiger partial charge in [-0.05, 0) is 48.4 Å². The third-order valence-corrected chi connectivity index (χ3v) is 3.31. The molecule has 22 heavy (non-hydrogen) atoms. The number of halogens is 2. The fraction of sp³-hybridized carbons (Fsp3) is 0.235. The summed E-state index contributed by atoms with van der Waals surface area (Å²) in [5.41, 5.74) is 0.675. The molecule has 2 rings (SSSR count). The Morgan fingerprint density at radius 3 is 2.50 bits per heavy atom. The zero-order valence-electron chi connectivity index (χ0n) is 12.1. The van der Waals surface area contributed by atoms with Crippen LogP contribution in [0.25, 0.3) is 0 Å². The Labute approximate surface area is 127 Å². The minimum atomic E-state index is -0.685. The van der Waals surface area contributed by atoms with E-state index in [0.29, 0.717) is 5.56 Å². The second-order valence-electron chi connectivity index (χ2n) is 4.82. The van der Waals surface area contributed by atoms with Crippen LogP contribution in [-0.2, 0) is 9.53 Å². The molecule has 0 spiro atoms. The number of carbonyl (C=O) groups excluding carboxylic acids is 1. The van der Waals surface area contributed by atoms with Crippen LogP contribution >= 0.6 is 0 Å². The van der Waals surface area contributed by atoms with Crippen molar-refractivity contribution in [1.82, 2.24) is 0 Å². The molecule has 0 aromatic heterocycles. The van der Waals surface area contributed by atoms with E-state index < -0.39 is 23.5 Å². The first-order valence-corrected chi connectivity index (χ1v) is 6.90. The van der Waals surface area contributed by atoms with Crippen LogP contribution in [0.1, 0.15) is 30.4 Å². The fourth-order valence-electron chi connectivity index (χ4n) is 2.28. The normalized spacial score (nSPS) is 12.0. The van der Waals surface area contributed by atoms with E-state index >= 15 is 0 Å². The van der Waals surface area contributed by atoms with Gasteiger partial charge in [-0.15, -0.1) is 0 Å². The van der Waals surface area contributed by atoms with Gasteiger partial charge in [0.25, 0.3) is 0 Å². The number of hydrogen-bond acceptors (Lipinski definition) is 3. The molecule has 5 heteroatoms. The highest BCUT2D eigenvalue weighted by molar-refractivity contribution is 5.71. The van der Waals surface area contributed by atoms with E-state index in [-0.39, 0.29) is 24.3 Å². The van der Waals surface area contributed by atoms with Crippen LogP contribution in [0.3, 0.4) is 0 Å². The number of hydrogen-bond donors (Lipinski definition) is 1. The van der Waals surface area contributed by atoms with E-state index in [4.69, 9.17) is 4.74 Å². The zero-order valence-corrected chi connectivity index (χ0v) is 12.1. The molecule has 0 aliphatic carbocycles. The monoisotopic (exact) mass is 306 g/mol. The first-order valence-electron chi connectivity index (χ1n) is 6.90. The number of rotatable bonds is 5. The van der Waals surface area contributed by atoms with Crippen molar-refractivity contribution < 1.29 is 23.4 Å². The predicted octanol–water partition coefficient (Wildman–Crippen LogP) is 3.76. The lowest BCUT2D eigenvalue weighted by Crippen LogP contribution is -2.13. The summed E-state index contributed by atoms with van der Waals surface area (Å²) in [6, 6.07) is 9.15. The van der Waals surface area contributed by atoms with Crippen LogP contribution in [0.4, 0.5) is 8.78 Å². The summed E-state index contributed by atoms with van der Waals surface area (Å²) < 4.78 is 32.4. The Bertz CT molecular complexity index is 653. The highest BCUT2D eigenvalue weighted by Gasteiger charge is 2.22. The van der Waals surface area contributed by atoms with Gasteiger partial charge in [-0.2, -0.15) is 0 Å². The molecule has 0 unspecified atom stereocenters. The van der Waals surface area contributed by atoms with Gasteiger partial charge in [0.15, 0.2) is 0 Å². The summed E-state index contributed by atoms with van der Waals surface area (Å²) in [4.78, 5) is 11.8. The lowest BCUT2D eigenvalue weighted by atomic mass is 9.88. The van der Waals surface area contributed by atoms with Gasteiger partial charge in [0.05, 0.1) is 13.0 Å². The smallest absolute Gasteiger partial charge is 0.306 e. The van der Waals surface area contributed by atoms with Gasteiger partial charge < -0.3 is 9.84 Å². The quantitative estimate of drug-likeness (QED) is 0.856. The number of carbonyl (C=O) groups is 1. The molecule has 0 aliphatic heterocycles. The molecule has 2 aromatic rings. The molecule has 0 fully saturated rings. The molecule has 3 nitrogen and oxygen atoms in total. The van der Waals surface area contributed by atoms with Crippen molar-refractivity contribution in [3.63, 3.8) is 0 Å². The molecular weight excluding hydrogens is 290 g/mol. The molecule has 0 amide bonds. The maximum atomic E-state index is 14.1. The van der Waals surface area contributed by atoms with Crippen LogP contribution in [0.15, 0.2) is 42.5 Å². The van der Waals surface area contributed by atoms with Gasteiger partial charge in [-0.3, -0.25) is 4.79 Å². The Morgan fingerprint density at radius 2 is 1.86 bits per heavy atom. The molecule has 1 atom stereocenters. The minimum Gasteiger partial charge on any atom is -0.508 e. The number of esters is 1. The molecule has 1 N–H and O–H groups in total. The molecule has 0 bridgehead atoms. The van der Waals surface area contributed by atoms with E-state index in [2.05, 4.69) is 0 Å². The van der Waals surface area contributed by atoms with Crippen LogP contribution in [-0.4, -0.2) is 17.7 Å². The fourth-order valence-corrected chi connectivity index (χ4v) is 2.28. The number of ether oxygens (including phenoxy) is 1.